The third-order valence-corrected chi connectivity index (χ3v) is 4.90. The van der Waals surface area contributed by atoms with E-state index in [1.165, 1.54) is 30.7 Å². The number of nitrogens with zero attached hydrogens (tertiary/aromatic N) is 1. The zero-order chi connectivity index (χ0) is 17.6. The van der Waals surface area contributed by atoms with Crippen molar-refractivity contribution in [2.45, 2.75) is 38.0 Å². The molecule has 0 saturated carbocycles. The number of hydrogen-bond donors (Lipinski definition) is 0. The van der Waals surface area contributed by atoms with Gasteiger partial charge in [-0.25, -0.2) is 8.78 Å². The summed E-state index contributed by atoms with van der Waals surface area (Å²) < 4.78 is 26.5. The molecule has 25 heavy (non-hydrogen) atoms. The van der Waals surface area contributed by atoms with Crippen LogP contribution < -0.4 is 0 Å². The number of rotatable bonds is 5. The van der Waals surface area contributed by atoms with Gasteiger partial charge in [0.25, 0.3) is 0 Å². The van der Waals surface area contributed by atoms with Crippen molar-refractivity contribution in [3.63, 3.8) is 0 Å². The monoisotopic (exact) mass is 343 g/mol. The highest BCUT2D eigenvalue weighted by Gasteiger charge is 2.20. The van der Waals surface area contributed by atoms with Crippen LogP contribution in [0.5, 0.6) is 0 Å². The average molecular weight is 343 g/mol. The number of carbonyl (C=O) groups is 1. The van der Waals surface area contributed by atoms with E-state index in [1.807, 2.05) is 4.90 Å². The topological polar surface area (TPSA) is 20.3 Å². The van der Waals surface area contributed by atoms with E-state index >= 15 is 0 Å². The normalized spacial score (nSPS) is 14.8. The summed E-state index contributed by atoms with van der Waals surface area (Å²) in [7, 11) is 0. The summed E-state index contributed by atoms with van der Waals surface area (Å²) in [5, 5.41) is 0. The molecule has 0 unspecified atom stereocenters. The molecule has 0 bridgehead atoms. The third-order valence-electron chi connectivity index (χ3n) is 4.90. The Labute approximate surface area is 147 Å². The van der Waals surface area contributed by atoms with Crippen LogP contribution >= 0.6 is 0 Å². The van der Waals surface area contributed by atoms with Crippen molar-refractivity contribution in [1.29, 1.82) is 0 Å². The zero-order valence-electron chi connectivity index (χ0n) is 14.3. The van der Waals surface area contributed by atoms with Crippen molar-refractivity contribution in [2.24, 2.45) is 0 Å². The van der Waals surface area contributed by atoms with Crippen molar-refractivity contribution in [3.8, 4) is 0 Å². The van der Waals surface area contributed by atoms with Gasteiger partial charge in [-0.05, 0) is 61.1 Å². The first-order chi connectivity index (χ1) is 12.1. The number of hydrogen-bond acceptors (Lipinski definition) is 1. The predicted molar refractivity (Wildman–Crippen MR) is 94.3 cm³/mol. The maximum atomic E-state index is 13.3. The molecule has 1 amide bonds. The fourth-order valence-electron chi connectivity index (χ4n) is 3.49. The Kier molecular flexibility index (Phi) is 5.79. The Morgan fingerprint density at radius 3 is 1.80 bits per heavy atom. The average Bonchev–Trinajstić information content (AvgIpc) is 2.65. The van der Waals surface area contributed by atoms with Crippen molar-refractivity contribution in [1.82, 2.24) is 4.90 Å². The van der Waals surface area contributed by atoms with Crippen molar-refractivity contribution in [2.75, 3.05) is 13.1 Å². The van der Waals surface area contributed by atoms with Crippen molar-refractivity contribution in [3.05, 3.63) is 71.3 Å². The minimum absolute atomic E-state index is 0.0464. The quantitative estimate of drug-likeness (QED) is 0.757. The first-order valence-electron chi connectivity index (χ1n) is 8.92. The molecule has 3 rings (SSSR count). The van der Waals surface area contributed by atoms with E-state index in [4.69, 9.17) is 0 Å². The number of likely N-dealkylation sites (tertiary alicyclic amines) is 1. The lowest BCUT2D eigenvalue weighted by molar-refractivity contribution is -0.132. The molecule has 0 atom stereocenters. The van der Waals surface area contributed by atoms with Gasteiger partial charge in [-0.3, -0.25) is 4.79 Å². The molecule has 0 spiro atoms. The maximum absolute atomic E-state index is 13.3. The minimum atomic E-state index is -0.286. The van der Waals surface area contributed by atoms with E-state index in [9.17, 15) is 13.6 Å². The summed E-state index contributed by atoms with van der Waals surface area (Å²) in [6.45, 7) is 1.69. The largest absolute Gasteiger partial charge is 0.343 e. The highest BCUT2D eigenvalue weighted by Crippen LogP contribution is 2.30. The first kappa shape index (κ1) is 17.6. The standard InChI is InChI=1S/C21H23F2NO/c22-18-8-4-16(5-9-18)20(17-6-10-19(23)11-7-17)12-13-21(25)24-14-2-1-3-15-24/h4-11,20H,1-3,12-15H2. The molecular formula is C21H23F2NO. The smallest absolute Gasteiger partial charge is 0.222 e. The first-order valence-corrected chi connectivity index (χ1v) is 8.92. The summed E-state index contributed by atoms with van der Waals surface area (Å²) in [5.41, 5.74) is 1.89. The molecule has 2 nitrogen and oxygen atoms in total. The molecule has 1 saturated heterocycles. The molecular weight excluding hydrogens is 320 g/mol. The molecule has 1 aliphatic rings. The number of carbonyl (C=O) groups excluding carboxylic acids is 1. The summed E-state index contributed by atoms with van der Waals surface area (Å²) >= 11 is 0. The molecule has 4 heteroatoms. The second-order valence-electron chi connectivity index (χ2n) is 6.64. The second kappa shape index (κ2) is 8.24. The van der Waals surface area contributed by atoms with Gasteiger partial charge in [-0.15, -0.1) is 0 Å². The Morgan fingerprint density at radius 2 is 1.32 bits per heavy atom. The number of amides is 1. The summed E-state index contributed by atoms with van der Waals surface area (Å²) in [6.07, 6.45) is 4.42. The fourth-order valence-corrected chi connectivity index (χ4v) is 3.49. The van der Waals surface area contributed by atoms with Crippen molar-refractivity contribution >= 4 is 5.91 Å². The second-order valence-corrected chi connectivity index (χ2v) is 6.64. The Balaban J connectivity index is 1.75. The molecule has 2 aromatic carbocycles. The molecule has 0 aromatic heterocycles. The summed E-state index contributed by atoms with van der Waals surface area (Å²) in [5.74, 6) is -0.444. The van der Waals surface area contributed by atoms with E-state index in [0.717, 1.165) is 37.1 Å². The molecule has 0 N–H and O–H groups in total. The van der Waals surface area contributed by atoms with Gasteiger partial charge < -0.3 is 4.90 Å². The SMILES string of the molecule is O=C(CCC(c1ccc(F)cc1)c1ccc(F)cc1)N1CCCCC1. The Bertz CT molecular complexity index is 645. The minimum Gasteiger partial charge on any atom is -0.343 e. The predicted octanol–water partition coefficient (Wildman–Crippen LogP) is 4.89. The molecule has 132 valence electrons. The van der Waals surface area contributed by atoms with E-state index < -0.39 is 0 Å². The molecule has 1 aliphatic heterocycles. The van der Waals surface area contributed by atoms with Crippen LogP contribution in [0.3, 0.4) is 0 Å². The van der Waals surface area contributed by atoms with Gasteiger partial charge in [0, 0.05) is 25.4 Å². The maximum Gasteiger partial charge on any atom is 0.222 e. The molecule has 0 radical (unpaired) electrons. The Morgan fingerprint density at radius 1 is 0.840 bits per heavy atom. The van der Waals surface area contributed by atoms with Crippen molar-refractivity contribution < 1.29 is 13.6 Å². The van der Waals surface area contributed by atoms with E-state index in [-0.39, 0.29) is 23.5 Å². The summed E-state index contributed by atoms with van der Waals surface area (Å²) in [4.78, 5) is 14.4. The van der Waals surface area contributed by atoms with Gasteiger partial charge in [0.15, 0.2) is 0 Å². The third kappa shape index (κ3) is 4.65. The molecule has 1 fully saturated rings. The van der Waals surface area contributed by atoms with E-state index in [1.54, 1.807) is 24.3 Å². The molecule has 2 aromatic rings. The van der Waals surface area contributed by atoms with Gasteiger partial charge >= 0.3 is 0 Å². The molecule has 1 heterocycles. The van der Waals surface area contributed by atoms with E-state index in [0.29, 0.717) is 12.8 Å². The number of benzene rings is 2. The summed E-state index contributed by atoms with van der Waals surface area (Å²) in [6, 6.07) is 12.7. The van der Waals surface area contributed by atoms with Gasteiger partial charge in [-0.1, -0.05) is 24.3 Å². The Hall–Kier alpha value is -2.23. The fraction of sp³-hybridized carbons (Fsp3) is 0.381. The molecule has 0 aliphatic carbocycles. The van der Waals surface area contributed by atoms with Gasteiger partial charge in [0.1, 0.15) is 11.6 Å². The van der Waals surface area contributed by atoms with Gasteiger partial charge in [0.2, 0.25) is 5.91 Å². The highest BCUT2D eigenvalue weighted by atomic mass is 19.1. The highest BCUT2D eigenvalue weighted by molar-refractivity contribution is 5.76. The van der Waals surface area contributed by atoms with Crippen LogP contribution in [0.15, 0.2) is 48.5 Å². The van der Waals surface area contributed by atoms with Crippen LogP contribution in [-0.2, 0) is 4.79 Å². The number of piperidine rings is 1. The van der Waals surface area contributed by atoms with Crippen LogP contribution in [0.4, 0.5) is 8.78 Å². The van der Waals surface area contributed by atoms with Crippen LogP contribution in [0.2, 0.25) is 0 Å². The van der Waals surface area contributed by atoms with Gasteiger partial charge in [-0.2, -0.15) is 0 Å². The van der Waals surface area contributed by atoms with Gasteiger partial charge in [0.05, 0.1) is 0 Å². The lowest BCUT2D eigenvalue weighted by Crippen LogP contribution is -2.35. The van der Waals surface area contributed by atoms with Crippen LogP contribution in [0.1, 0.15) is 49.1 Å². The lowest BCUT2D eigenvalue weighted by atomic mass is 9.87. The lowest BCUT2D eigenvalue weighted by Gasteiger charge is -2.27. The zero-order valence-corrected chi connectivity index (χ0v) is 14.3. The number of halogens is 2. The van der Waals surface area contributed by atoms with Crippen LogP contribution in [-0.4, -0.2) is 23.9 Å². The van der Waals surface area contributed by atoms with Crippen LogP contribution in [0.25, 0.3) is 0 Å². The van der Waals surface area contributed by atoms with E-state index in [2.05, 4.69) is 0 Å². The van der Waals surface area contributed by atoms with Crippen LogP contribution in [0, 0.1) is 11.6 Å².